The molecule has 2 aromatic carbocycles. The SMILES string of the molecule is O=C(C=CNc1ccc(F)cc1)c1ccc(Br)cc1. The monoisotopic (exact) mass is 319 g/mol. The van der Waals surface area contributed by atoms with Crippen LogP contribution in [0.15, 0.2) is 65.3 Å². The summed E-state index contributed by atoms with van der Waals surface area (Å²) in [6.07, 6.45) is 2.98. The zero-order chi connectivity index (χ0) is 13.7. The zero-order valence-electron chi connectivity index (χ0n) is 9.94. The number of halogens is 2. The van der Waals surface area contributed by atoms with Gasteiger partial charge in [0.1, 0.15) is 5.82 Å². The normalized spacial score (nSPS) is 10.6. The van der Waals surface area contributed by atoms with Crippen molar-refractivity contribution >= 4 is 27.4 Å². The highest BCUT2D eigenvalue weighted by atomic mass is 79.9. The van der Waals surface area contributed by atoms with Crippen LogP contribution >= 0.6 is 15.9 Å². The highest BCUT2D eigenvalue weighted by Crippen LogP contribution is 2.12. The van der Waals surface area contributed by atoms with E-state index in [1.807, 2.05) is 12.1 Å². The van der Waals surface area contributed by atoms with Crippen molar-refractivity contribution in [1.82, 2.24) is 0 Å². The Balaban J connectivity index is 1.97. The standard InChI is InChI=1S/C15H11BrFNO/c16-12-3-1-11(2-4-12)15(19)9-10-18-14-7-5-13(17)6-8-14/h1-10,18H. The van der Waals surface area contributed by atoms with Crippen molar-refractivity contribution in [2.24, 2.45) is 0 Å². The van der Waals surface area contributed by atoms with Crippen molar-refractivity contribution in [2.75, 3.05) is 5.32 Å². The summed E-state index contributed by atoms with van der Waals surface area (Å²) in [4.78, 5) is 11.8. The lowest BCUT2D eigenvalue weighted by molar-refractivity contribution is 0.104. The molecule has 1 N–H and O–H groups in total. The Morgan fingerprint density at radius 2 is 1.68 bits per heavy atom. The van der Waals surface area contributed by atoms with Crippen LogP contribution < -0.4 is 5.32 Å². The van der Waals surface area contributed by atoms with Gasteiger partial charge in [-0.2, -0.15) is 0 Å². The fourth-order valence-corrected chi connectivity index (χ4v) is 1.73. The van der Waals surface area contributed by atoms with E-state index in [-0.39, 0.29) is 11.6 Å². The lowest BCUT2D eigenvalue weighted by Crippen LogP contribution is -1.96. The van der Waals surface area contributed by atoms with E-state index in [1.165, 1.54) is 24.4 Å². The van der Waals surface area contributed by atoms with Crippen LogP contribution in [0.25, 0.3) is 0 Å². The number of anilines is 1. The van der Waals surface area contributed by atoms with Crippen LogP contribution in [-0.4, -0.2) is 5.78 Å². The third kappa shape index (κ3) is 4.03. The minimum atomic E-state index is -0.291. The number of benzene rings is 2. The molecule has 0 spiro atoms. The molecule has 0 aliphatic carbocycles. The van der Waals surface area contributed by atoms with Gasteiger partial charge in [-0.1, -0.05) is 15.9 Å². The van der Waals surface area contributed by atoms with Crippen LogP contribution in [0.4, 0.5) is 10.1 Å². The maximum atomic E-state index is 12.7. The van der Waals surface area contributed by atoms with Gasteiger partial charge in [0.2, 0.25) is 0 Å². The molecule has 2 rings (SSSR count). The predicted molar refractivity (Wildman–Crippen MR) is 77.6 cm³/mol. The minimum absolute atomic E-state index is 0.0953. The average molecular weight is 320 g/mol. The molecule has 0 unspecified atom stereocenters. The molecule has 19 heavy (non-hydrogen) atoms. The second kappa shape index (κ2) is 6.29. The van der Waals surface area contributed by atoms with Gasteiger partial charge in [0.25, 0.3) is 0 Å². The summed E-state index contributed by atoms with van der Waals surface area (Å²) in [6, 6.07) is 13.0. The third-order valence-electron chi connectivity index (χ3n) is 2.46. The molecule has 0 radical (unpaired) electrons. The highest BCUT2D eigenvalue weighted by Gasteiger charge is 2.00. The fourth-order valence-electron chi connectivity index (χ4n) is 1.47. The third-order valence-corrected chi connectivity index (χ3v) is 2.99. The van der Waals surface area contributed by atoms with Crippen molar-refractivity contribution in [2.45, 2.75) is 0 Å². The van der Waals surface area contributed by atoms with E-state index in [0.717, 1.165) is 10.2 Å². The van der Waals surface area contributed by atoms with E-state index >= 15 is 0 Å². The number of carbonyl (C=O) groups excluding carboxylic acids is 1. The van der Waals surface area contributed by atoms with E-state index in [4.69, 9.17) is 0 Å². The summed E-state index contributed by atoms with van der Waals surface area (Å²) in [5, 5.41) is 2.91. The molecule has 0 saturated heterocycles. The summed E-state index contributed by atoms with van der Waals surface area (Å²) in [5.41, 5.74) is 1.33. The second-order valence-electron chi connectivity index (χ2n) is 3.86. The molecule has 2 nitrogen and oxygen atoms in total. The first-order valence-electron chi connectivity index (χ1n) is 5.64. The molecule has 0 aromatic heterocycles. The number of hydrogen-bond donors (Lipinski definition) is 1. The molecule has 2 aromatic rings. The van der Waals surface area contributed by atoms with Gasteiger partial charge in [-0.25, -0.2) is 4.39 Å². The topological polar surface area (TPSA) is 29.1 Å². The molecule has 96 valence electrons. The molecular formula is C15H11BrFNO. The molecule has 0 fully saturated rings. The largest absolute Gasteiger partial charge is 0.362 e. The van der Waals surface area contributed by atoms with Gasteiger partial charge in [-0.15, -0.1) is 0 Å². The highest BCUT2D eigenvalue weighted by molar-refractivity contribution is 9.10. The van der Waals surface area contributed by atoms with Crippen LogP contribution in [0.5, 0.6) is 0 Å². The van der Waals surface area contributed by atoms with Crippen molar-refractivity contribution in [3.63, 3.8) is 0 Å². The van der Waals surface area contributed by atoms with Gasteiger partial charge in [0.05, 0.1) is 0 Å². The Morgan fingerprint density at radius 1 is 1.05 bits per heavy atom. The van der Waals surface area contributed by atoms with Gasteiger partial charge in [0, 0.05) is 28.0 Å². The summed E-state index contributed by atoms with van der Waals surface area (Å²) in [6.45, 7) is 0. The summed E-state index contributed by atoms with van der Waals surface area (Å²) >= 11 is 3.31. The molecule has 0 saturated carbocycles. The number of allylic oxidation sites excluding steroid dienone is 1. The van der Waals surface area contributed by atoms with Gasteiger partial charge >= 0.3 is 0 Å². The Labute approximate surface area is 119 Å². The average Bonchev–Trinajstić information content (AvgIpc) is 2.41. The number of nitrogens with one attached hydrogen (secondary N) is 1. The molecule has 0 bridgehead atoms. The maximum absolute atomic E-state index is 12.7. The number of hydrogen-bond acceptors (Lipinski definition) is 2. The Kier molecular flexibility index (Phi) is 4.47. The molecule has 4 heteroatoms. The van der Waals surface area contributed by atoms with E-state index in [0.29, 0.717) is 5.56 Å². The number of ketones is 1. The second-order valence-corrected chi connectivity index (χ2v) is 4.77. The van der Waals surface area contributed by atoms with Crippen molar-refractivity contribution < 1.29 is 9.18 Å². The molecule has 0 heterocycles. The van der Waals surface area contributed by atoms with Gasteiger partial charge in [-0.05, 0) is 48.5 Å². The quantitative estimate of drug-likeness (QED) is 0.668. The Hall–Kier alpha value is -1.94. The first-order chi connectivity index (χ1) is 9.15. The van der Waals surface area contributed by atoms with Crippen LogP contribution in [0.3, 0.4) is 0 Å². The number of carbonyl (C=O) groups is 1. The Bertz CT molecular complexity index is 591. The van der Waals surface area contributed by atoms with E-state index in [2.05, 4.69) is 21.2 Å². The molecule has 0 amide bonds. The molecule has 0 aliphatic heterocycles. The zero-order valence-corrected chi connectivity index (χ0v) is 11.5. The van der Waals surface area contributed by atoms with Crippen LogP contribution in [-0.2, 0) is 0 Å². The number of rotatable bonds is 4. The minimum Gasteiger partial charge on any atom is -0.362 e. The van der Waals surface area contributed by atoms with E-state index in [1.54, 1.807) is 24.3 Å². The van der Waals surface area contributed by atoms with E-state index in [9.17, 15) is 9.18 Å². The van der Waals surface area contributed by atoms with Gasteiger partial charge in [0.15, 0.2) is 5.78 Å². The van der Waals surface area contributed by atoms with Crippen LogP contribution in [0.1, 0.15) is 10.4 Å². The fraction of sp³-hybridized carbons (Fsp3) is 0. The molecule has 0 atom stereocenters. The molecule has 0 aliphatic rings. The predicted octanol–water partition coefficient (Wildman–Crippen LogP) is 4.40. The first kappa shape index (κ1) is 13.5. The first-order valence-corrected chi connectivity index (χ1v) is 6.43. The molecular weight excluding hydrogens is 309 g/mol. The summed E-state index contributed by atoms with van der Waals surface area (Å²) < 4.78 is 13.6. The lowest BCUT2D eigenvalue weighted by Gasteiger charge is -2.00. The van der Waals surface area contributed by atoms with Crippen molar-refractivity contribution in [1.29, 1.82) is 0 Å². The van der Waals surface area contributed by atoms with E-state index < -0.39 is 0 Å². The Morgan fingerprint density at radius 3 is 2.32 bits per heavy atom. The summed E-state index contributed by atoms with van der Waals surface area (Å²) in [5.74, 6) is -0.386. The van der Waals surface area contributed by atoms with Crippen LogP contribution in [0, 0.1) is 5.82 Å². The lowest BCUT2D eigenvalue weighted by atomic mass is 10.1. The van der Waals surface area contributed by atoms with Crippen molar-refractivity contribution in [3.8, 4) is 0 Å². The van der Waals surface area contributed by atoms with Gasteiger partial charge in [-0.3, -0.25) is 4.79 Å². The summed E-state index contributed by atoms with van der Waals surface area (Å²) in [7, 11) is 0. The van der Waals surface area contributed by atoms with Gasteiger partial charge < -0.3 is 5.32 Å². The maximum Gasteiger partial charge on any atom is 0.187 e. The van der Waals surface area contributed by atoms with Crippen molar-refractivity contribution in [3.05, 3.63) is 76.7 Å². The smallest absolute Gasteiger partial charge is 0.187 e. The van der Waals surface area contributed by atoms with Crippen LogP contribution in [0.2, 0.25) is 0 Å².